The van der Waals surface area contributed by atoms with Crippen LogP contribution < -0.4 is 9.64 Å². The van der Waals surface area contributed by atoms with Crippen molar-refractivity contribution >= 4 is 23.2 Å². The summed E-state index contributed by atoms with van der Waals surface area (Å²) >= 11 is 5.86. The summed E-state index contributed by atoms with van der Waals surface area (Å²) in [4.78, 5) is 14.3. The van der Waals surface area contributed by atoms with Crippen LogP contribution in [0.15, 0.2) is 42.5 Å². The first-order valence-electron chi connectivity index (χ1n) is 6.89. The summed E-state index contributed by atoms with van der Waals surface area (Å²) < 4.78 is 5.23. The molecule has 108 valence electrons. The van der Waals surface area contributed by atoms with E-state index in [4.69, 9.17) is 16.3 Å². The van der Waals surface area contributed by atoms with E-state index in [0.717, 1.165) is 30.0 Å². The number of ether oxygens (including phenoxy) is 1. The molecule has 1 aliphatic rings. The standard InChI is InChI=1S/C17H16ClNO2/c1-21-15-6-7-16-13(11-15)8-9-19(16)17(20)10-12-2-4-14(18)5-3-12/h2-7,11H,8-10H2,1H3. The number of anilines is 1. The summed E-state index contributed by atoms with van der Waals surface area (Å²) in [6, 6.07) is 13.3. The molecule has 0 N–H and O–H groups in total. The molecule has 1 amide bonds. The largest absolute Gasteiger partial charge is 0.497 e. The Hall–Kier alpha value is -2.00. The second kappa shape index (κ2) is 5.78. The molecule has 3 rings (SSSR count). The third-order valence-corrected chi connectivity index (χ3v) is 4.00. The highest BCUT2D eigenvalue weighted by molar-refractivity contribution is 6.30. The predicted molar refractivity (Wildman–Crippen MR) is 84.2 cm³/mol. The molecule has 0 aromatic heterocycles. The zero-order valence-electron chi connectivity index (χ0n) is 11.8. The van der Waals surface area contributed by atoms with Gasteiger partial charge in [-0.05, 0) is 47.9 Å². The topological polar surface area (TPSA) is 29.5 Å². The molecule has 1 aliphatic heterocycles. The predicted octanol–water partition coefficient (Wildman–Crippen LogP) is 3.48. The van der Waals surface area contributed by atoms with Crippen molar-refractivity contribution in [1.82, 2.24) is 0 Å². The molecule has 2 aromatic rings. The first-order valence-corrected chi connectivity index (χ1v) is 7.27. The Bertz CT molecular complexity index is 667. The summed E-state index contributed by atoms with van der Waals surface area (Å²) in [5.74, 6) is 0.946. The number of rotatable bonds is 3. The van der Waals surface area contributed by atoms with Gasteiger partial charge in [-0.2, -0.15) is 0 Å². The monoisotopic (exact) mass is 301 g/mol. The van der Waals surface area contributed by atoms with Crippen LogP contribution in [0.25, 0.3) is 0 Å². The molecule has 0 saturated carbocycles. The molecule has 4 heteroatoms. The third-order valence-electron chi connectivity index (χ3n) is 3.75. The first kappa shape index (κ1) is 14.0. The summed E-state index contributed by atoms with van der Waals surface area (Å²) in [5, 5.41) is 0.685. The van der Waals surface area contributed by atoms with Crippen molar-refractivity contribution in [2.75, 3.05) is 18.6 Å². The molecular weight excluding hydrogens is 286 g/mol. The van der Waals surface area contributed by atoms with Crippen LogP contribution in [0.3, 0.4) is 0 Å². The summed E-state index contributed by atoms with van der Waals surface area (Å²) in [6.45, 7) is 0.731. The van der Waals surface area contributed by atoms with Gasteiger partial charge in [0.2, 0.25) is 5.91 Å². The van der Waals surface area contributed by atoms with E-state index in [1.165, 1.54) is 5.56 Å². The van der Waals surface area contributed by atoms with Gasteiger partial charge < -0.3 is 9.64 Å². The molecule has 0 spiro atoms. The molecule has 0 bridgehead atoms. The molecule has 2 aromatic carbocycles. The number of fused-ring (bicyclic) bond motifs is 1. The van der Waals surface area contributed by atoms with Crippen molar-refractivity contribution < 1.29 is 9.53 Å². The lowest BCUT2D eigenvalue weighted by atomic mass is 10.1. The van der Waals surface area contributed by atoms with E-state index in [1.807, 2.05) is 47.4 Å². The highest BCUT2D eigenvalue weighted by atomic mass is 35.5. The Kier molecular flexibility index (Phi) is 3.84. The minimum Gasteiger partial charge on any atom is -0.497 e. The van der Waals surface area contributed by atoms with Gasteiger partial charge in [-0.15, -0.1) is 0 Å². The first-order chi connectivity index (χ1) is 10.2. The van der Waals surface area contributed by atoms with Gasteiger partial charge in [0.1, 0.15) is 5.75 Å². The summed E-state index contributed by atoms with van der Waals surface area (Å²) in [7, 11) is 1.65. The molecule has 1 heterocycles. The smallest absolute Gasteiger partial charge is 0.231 e. The Labute approximate surface area is 129 Å². The summed E-state index contributed by atoms with van der Waals surface area (Å²) in [5.41, 5.74) is 3.14. The quantitative estimate of drug-likeness (QED) is 0.868. The maximum absolute atomic E-state index is 12.5. The van der Waals surface area contributed by atoms with Gasteiger partial charge in [-0.1, -0.05) is 23.7 Å². The Morgan fingerprint density at radius 2 is 2.00 bits per heavy atom. The van der Waals surface area contributed by atoms with E-state index >= 15 is 0 Å². The van der Waals surface area contributed by atoms with Gasteiger partial charge in [-0.25, -0.2) is 0 Å². The maximum atomic E-state index is 12.5. The molecule has 0 radical (unpaired) electrons. The van der Waals surface area contributed by atoms with Crippen molar-refractivity contribution in [1.29, 1.82) is 0 Å². The average molecular weight is 302 g/mol. The number of benzene rings is 2. The normalized spacial score (nSPS) is 13.1. The van der Waals surface area contributed by atoms with Gasteiger partial charge >= 0.3 is 0 Å². The minimum atomic E-state index is 0.112. The molecule has 0 fully saturated rings. The van der Waals surface area contributed by atoms with Crippen molar-refractivity contribution in [3.8, 4) is 5.75 Å². The van der Waals surface area contributed by atoms with Crippen LogP contribution in [0, 0.1) is 0 Å². The molecule has 21 heavy (non-hydrogen) atoms. The van der Waals surface area contributed by atoms with Gasteiger partial charge in [0.05, 0.1) is 13.5 Å². The number of carbonyl (C=O) groups is 1. The van der Waals surface area contributed by atoms with E-state index in [9.17, 15) is 4.79 Å². The average Bonchev–Trinajstić information content (AvgIpc) is 2.92. The number of amides is 1. The van der Waals surface area contributed by atoms with Crippen molar-refractivity contribution in [2.24, 2.45) is 0 Å². The fourth-order valence-corrected chi connectivity index (χ4v) is 2.76. The van der Waals surface area contributed by atoms with Crippen molar-refractivity contribution in [2.45, 2.75) is 12.8 Å². The lowest BCUT2D eigenvalue weighted by molar-refractivity contribution is -0.117. The molecule has 3 nitrogen and oxygen atoms in total. The number of hydrogen-bond donors (Lipinski definition) is 0. The lowest BCUT2D eigenvalue weighted by Gasteiger charge is -2.17. The van der Waals surface area contributed by atoms with Crippen LogP contribution >= 0.6 is 11.6 Å². The van der Waals surface area contributed by atoms with Gasteiger partial charge in [0.15, 0.2) is 0 Å². The van der Waals surface area contributed by atoms with E-state index in [2.05, 4.69) is 0 Å². The van der Waals surface area contributed by atoms with Crippen LogP contribution in [-0.4, -0.2) is 19.6 Å². The van der Waals surface area contributed by atoms with Crippen LogP contribution in [0.4, 0.5) is 5.69 Å². The Morgan fingerprint density at radius 3 is 2.71 bits per heavy atom. The van der Waals surface area contributed by atoms with Gasteiger partial charge in [0.25, 0.3) is 0 Å². The maximum Gasteiger partial charge on any atom is 0.231 e. The van der Waals surface area contributed by atoms with E-state index < -0.39 is 0 Å². The van der Waals surface area contributed by atoms with Crippen LogP contribution in [0.5, 0.6) is 5.75 Å². The number of methoxy groups -OCH3 is 1. The van der Waals surface area contributed by atoms with Gasteiger partial charge in [-0.3, -0.25) is 4.79 Å². The zero-order chi connectivity index (χ0) is 14.8. The van der Waals surface area contributed by atoms with Crippen LogP contribution in [0.2, 0.25) is 5.02 Å². The second-order valence-electron chi connectivity index (χ2n) is 5.09. The molecule has 0 aliphatic carbocycles. The van der Waals surface area contributed by atoms with Crippen LogP contribution in [0.1, 0.15) is 11.1 Å². The van der Waals surface area contributed by atoms with E-state index in [1.54, 1.807) is 7.11 Å². The van der Waals surface area contributed by atoms with Gasteiger partial charge in [0, 0.05) is 17.3 Å². The number of nitrogens with zero attached hydrogens (tertiary/aromatic N) is 1. The highest BCUT2D eigenvalue weighted by Gasteiger charge is 2.24. The molecular formula is C17H16ClNO2. The number of hydrogen-bond acceptors (Lipinski definition) is 2. The van der Waals surface area contributed by atoms with Crippen molar-refractivity contribution in [3.63, 3.8) is 0 Å². The Morgan fingerprint density at radius 1 is 1.24 bits per heavy atom. The molecule has 0 saturated heterocycles. The molecule has 0 atom stereocenters. The zero-order valence-corrected chi connectivity index (χ0v) is 12.6. The summed E-state index contributed by atoms with van der Waals surface area (Å²) in [6.07, 6.45) is 1.27. The third kappa shape index (κ3) is 2.88. The fraction of sp³-hybridized carbons (Fsp3) is 0.235. The minimum absolute atomic E-state index is 0.112. The second-order valence-corrected chi connectivity index (χ2v) is 5.53. The SMILES string of the molecule is COc1ccc2c(c1)CCN2C(=O)Cc1ccc(Cl)cc1. The highest BCUT2D eigenvalue weighted by Crippen LogP contribution is 2.31. The molecule has 0 unspecified atom stereocenters. The Balaban J connectivity index is 1.77. The lowest BCUT2D eigenvalue weighted by Crippen LogP contribution is -2.30. The van der Waals surface area contributed by atoms with Crippen molar-refractivity contribution in [3.05, 3.63) is 58.6 Å². The van der Waals surface area contributed by atoms with E-state index in [0.29, 0.717) is 11.4 Å². The van der Waals surface area contributed by atoms with Crippen LogP contribution in [-0.2, 0) is 17.6 Å². The van der Waals surface area contributed by atoms with E-state index in [-0.39, 0.29) is 5.91 Å². The number of carbonyl (C=O) groups excluding carboxylic acids is 1. The fourth-order valence-electron chi connectivity index (χ4n) is 2.64. The number of halogens is 1.